The fourth-order valence-corrected chi connectivity index (χ4v) is 0.983. The SMILES string of the molecule is CC1[CH]CN1C(=O)OC(C)(C)C. The van der Waals surface area contributed by atoms with Crippen molar-refractivity contribution in [2.24, 2.45) is 0 Å². The molecular weight excluding hydrogens is 154 g/mol. The second kappa shape index (κ2) is 2.96. The number of nitrogens with zero attached hydrogens (tertiary/aromatic N) is 1. The number of carbonyl (C=O) groups excluding carboxylic acids is 1. The lowest BCUT2D eigenvalue weighted by Crippen LogP contribution is -2.51. The van der Waals surface area contributed by atoms with Crippen molar-refractivity contribution in [2.75, 3.05) is 6.54 Å². The molecule has 12 heavy (non-hydrogen) atoms. The molecule has 0 aliphatic carbocycles. The van der Waals surface area contributed by atoms with E-state index in [1.807, 2.05) is 27.7 Å². The van der Waals surface area contributed by atoms with Crippen LogP contribution in [-0.2, 0) is 4.74 Å². The van der Waals surface area contributed by atoms with Gasteiger partial charge in [0.15, 0.2) is 0 Å². The van der Waals surface area contributed by atoms with E-state index in [-0.39, 0.29) is 17.7 Å². The van der Waals surface area contributed by atoms with Crippen molar-refractivity contribution in [3.05, 3.63) is 6.42 Å². The average molecular weight is 170 g/mol. The topological polar surface area (TPSA) is 29.5 Å². The summed E-state index contributed by atoms with van der Waals surface area (Å²) in [6, 6.07) is 0.236. The van der Waals surface area contributed by atoms with E-state index in [0.717, 1.165) is 6.54 Å². The third-order valence-electron chi connectivity index (χ3n) is 1.76. The maximum Gasteiger partial charge on any atom is 0.410 e. The maximum atomic E-state index is 11.3. The van der Waals surface area contributed by atoms with Crippen molar-refractivity contribution >= 4 is 6.09 Å². The summed E-state index contributed by atoms with van der Waals surface area (Å²) in [6.07, 6.45) is 1.86. The summed E-state index contributed by atoms with van der Waals surface area (Å²) in [5.41, 5.74) is -0.383. The molecule has 0 aromatic heterocycles. The van der Waals surface area contributed by atoms with Gasteiger partial charge in [0, 0.05) is 19.0 Å². The minimum Gasteiger partial charge on any atom is -0.444 e. The van der Waals surface area contributed by atoms with Crippen LogP contribution in [0.1, 0.15) is 27.7 Å². The maximum absolute atomic E-state index is 11.3. The number of rotatable bonds is 0. The Labute approximate surface area is 73.7 Å². The van der Waals surface area contributed by atoms with Gasteiger partial charge in [-0.2, -0.15) is 0 Å². The number of ether oxygens (including phenoxy) is 1. The summed E-state index contributed by atoms with van der Waals surface area (Å²) in [7, 11) is 0. The van der Waals surface area contributed by atoms with Crippen LogP contribution >= 0.6 is 0 Å². The Balaban J connectivity index is 2.39. The molecule has 69 valence electrons. The van der Waals surface area contributed by atoms with Gasteiger partial charge in [-0.3, -0.25) is 0 Å². The van der Waals surface area contributed by atoms with Crippen LogP contribution < -0.4 is 0 Å². The van der Waals surface area contributed by atoms with Gasteiger partial charge in [0.1, 0.15) is 5.60 Å². The molecule has 0 aromatic rings. The van der Waals surface area contributed by atoms with Crippen molar-refractivity contribution < 1.29 is 9.53 Å². The number of carbonyl (C=O) groups is 1. The van der Waals surface area contributed by atoms with Gasteiger partial charge in [0.2, 0.25) is 0 Å². The summed E-state index contributed by atoms with van der Waals surface area (Å²) in [5.74, 6) is 0. The summed E-state index contributed by atoms with van der Waals surface area (Å²) >= 11 is 0. The third-order valence-corrected chi connectivity index (χ3v) is 1.76. The van der Waals surface area contributed by atoms with Crippen molar-refractivity contribution in [2.45, 2.75) is 39.3 Å². The molecule has 0 spiro atoms. The zero-order chi connectivity index (χ0) is 9.35. The second-order valence-electron chi connectivity index (χ2n) is 4.11. The predicted octanol–water partition coefficient (Wildman–Crippen LogP) is 1.83. The molecule has 1 rings (SSSR count). The minimum atomic E-state index is -0.383. The Hall–Kier alpha value is -0.730. The molecule has 1 aliphatic heterocycles. The Kier molecular flexibility index (Phi) is 2.31. The van der Waals surface area contributed by atoms with Crippen LogP contribution in [0.4, 0.5) is 4.79 Å². The van der Waals surface area contributed by atoms with Crippen LogP contribution in [0.2, 0.25) is 0 Å². The zero-order valence-electron chi connectivity index (χ0n) is 8.13. The highest BCUT2D eigenvalue weighted by atomic mass is 16.6. The van der Waals surface area contributed by atoms with Crippen LogP contribution in [0, 0.1) is 6.42 Å². The molecule has 1 fully saturated rings. The Morgan fingerprint density at radius 3 is 2.42 bits per heavy atom. The van der Waals surface area contributed by atoms with Crippen LogP contribution in [0.5, 0.6) is 0 Å². The number of hydrogen-bond acceptors (Lipinski definition) is 2. The molecular formula is C9H16NO2. The predicted molar refractivity (Wildman–Crippen MR) is 46.7 cm³/mol. The first-order valence-electron chi connectivity index (χ1n) is 4.23. The van der Waals surface area contributed by atoms with Crippen molar-refractivity contribution in [1.82, 2.24) is 4.90 Å². The molecule has 1 atom stereocenters. The monoisotopic (exact) mass is 170 g/mol. The van der Waals surface area contributed by atoms with Gasteiger partial charge < -0.3 is 9.64 Å². The first-order valence-corrected chi connectivity index (χ1v) is 4.23. The van der Waals surface area contributed by atoms with E-state index in [0.29, 0.717) is 0 Å². The molecule has 1 saturated heterocycles. The van der Waals surface area contributed by atoms with Crippen molar-refractivity contribution in [3.8, 4) is 0 Å². The van der Waals surface area contributed by atoms with Crippen molar-refractivity contribution in [3.63, 3.8) is 0 Å². The van der Waals surface area contributed by atoms with Gasteiger partial charge >= 0.3 is 6.09 Å². The summed E-state index contributed by atoms with van der Waals surface area (Å²) in [5, 5.41) is 0. The van der Waals surface area contributed by atoms with Gasteiger partial charge in [-0.25, -0.2) is 4.79 Å². The number of hydrogen-bond donors (Lipinski definition) is 0. The highest BCUT2D eigenvalue weighted by Crippen LogP contribution is 2.19. The molecule has 3 heteroatoms. The standard InChI is InChI=1S/C9H16NO2/c1-7-5-6-10(7)8(11)12-9(2,3)4/h5,7H,6H2,1-4H3. The average Bonchev–Trinajstić information content (AvgIpc) is 1.79. The van der Waals surface area contributed by atoms with Gasteiger partial charge in [0.05, 0.1) is 0 Å². The minimum absolute atomic E-state index is 0.211. The smallest absolute Gasteiger partial charge is 0.410 e. The molecule has 3 nitrogen and oxygen atoms in total. The van der Waals surface area contributed by atoms with Gasteiger partial charge in [-0.05, 0) is 27.7 Å². The highest BCUT2D eigenvalue weighted by molar-refractivity contribution is 5.70. The first-order chi connectivity index (χ1) is 5.40. The van der Waals surface area contributed by atoms with E-state index in [1.165, 1.54) is 0 Å². The van der Waals surface area contributed by atoms with E-state index in [9.17, 15) is 4.79 Å². The van der Waals surface area contributed by atoms with E-state index in [2.05, 4.69) is 6.42 Å². The Bertz CT molecular complexity index is 183. The number of likely N-dealkylation sites (tertiary alicyclic amines) is 1. The van der Waals surface area contributed by atoms with Gasteiger partial charge in [-0.1, -0.05) is 0 Å². The quantitative estimate of drug-likeness (QED) is 0.555. The third kappa shape index (κ3) is 2.13. The van der Waals surface area contributed by atoms with Gasteiger partial charge in [0.25, 0.3) is 0 Å². The van der Waals surface area contributed by atoms with Gasteiger partial charge in [-0.15, -0.1) is 0 Å². The molecule has 1 aliphatic rings. The molecule has 0 N–H and O–H groups in total. The molecule has 1 radical (unpaired) electrons. The Morgan fingerprint density at radius 1 is 1.58 bits per heavy atom. The van der Waals surface area contributed by atoms with E-state index < -0.39 is 0 Å². The zero-order valence-corrected chi connectivity index (χ0v) is 8.13. The Morgan fingerprint density at radius 2 is 2.17 bits per heavy atom. The normalized spacial score (nSPS) is 23.3. The molecule has 1 heterocycles. The van der Waals surface area contributed by atoms with E-state index >= 15 is 0 Å². The largest absolute Gasteiger partial charge is 0.444 e. The van der Waals surface area contributed by atoms with Crippen LogP contribution in [0.25, 0.3) is 0 Å². The summed E-state index contributed by atoms with van der Waals surface area (Å²) < 4.78 is 5.18. The fourth-order valence-electron chi connectivity index (χ4n) is 0.983. The lowest BCUT2D eigenvalue weighted by atomic mass is 10.1. The lowest BCUT2D eigenvalue weighted by Gasteiger charge is -2.38. The van der Waals surface area contributed by atoms with Crippen molar-refractivity contribution in [1.29, 1.82) is 0 Å². The molecule has 0 bridgehead atoms. The summed E-state index contributed by atoms with van der Waals surface area (Å²) in [4.78, 5) is 13.0. The van der Waals surface area contributed by atoms with Crippen LogP contribution in [-0.4, -0.2) is 29.2 Å². The molecule has 1 amide bonds. The fraction of sp³-hybridized carbons (Fsp3) is 0.778. The van der Waals surface area contributed by atoms with E-state index in [4.69, 9.17) is 4.74 Å². The highest BCUT2D eigenvalue weighted by Gasteiger charge is 2.32. The molecule has 0 saturated carbocycles. The molecule has 1 unspecified atom stereocenters. The van der Waals surface area contributed by atoms with E-state index in [1.54, 1.807) is 4.90 Å². The first kappa shape index (κ1) is 9.36. The van der Waals surface area contributed by atoms with Crippen LogP contribution in [0.3, 0.4) is 0 Å². The van der Waals surface area contributed by atoms with Crippen LogP contribution in [0.15, 0.2) is 0 Å². The molecule has 0 aromatic carbocycles. The summed E-state index contributed by atoms with van der Waals surface area (Å²) in [6.45, 7) is 8.32. The second-order valence-corrected chi connectivity index (χ2v) is 4.11. The lowest BCUT2D eigenvalue weighted by molar-refractivity contribution is 0.0108. The number of amides is 1.